The summed E-state index contributed by atoms with van der Waals surface area (Å²) in [5.41, 5.74) is 1.51. The third-order valence-corrected chi connectivity index (χ3v) is 7.94. The van der Waals surface area contributed by atoms with E-state index in [0.29, 0.717) is 18.0 Å². The van der Waals surface area contributed by atoms with E-state index in [0.717, 1.165) is 11.8 Å². The highest BCUT2D eigenvalue weighted by atomic mass is 32.2. The number of carbonyl (C=O) groups is 2. The molecule has 3 aromatic rings. The summed E-state index contributed by atoms with van der Waals surface area (Å²) in [6, 6.07) is 21.4. The van der Waals surface area contributed by atoms with Crippen molar-refractivity contribution in [2.24, 2.45) is 5.92 Å². The quantitative estimate of drug-likeness (QED) is 0.272. The first-order valence-electron chi connectivity index (χ1n) is 14.0. The predicted molar refractivity (Wildman–Crippen MR) is 163 cm³/mol. The molecule has 0 spiro atoms. The fourth-order valence-corrected chi connectivity index (χ4v) is 5.57. The number of amides is 2. The number of benzene rings is 3. The van der Waals surface area contributed by atoms with Crippen LogP contribution in [-0.2, 0) is 32.6 Å². The molecule has 10 heteroatoms. The average molecular weight is 598 g/mol. The molecule has 3 aromatic carbocycles. The molecule has 8 nitrogen and oxygen atoms in total. The standard InChI is InChI=1S/C32H40FN3O5S/c1-24(2)22-34-32(38)29(21-25-13-6-5-7-14-25)35(23-26-15-8-9-16-27(26)33)31(37)19-12-20-36(42(4,39)40)28-17-10-11-18-30(28)41-3/h5-11,13-18,24,29H,12,19-23H2,1-4H3,(H,34,38)/t29-/m1/s1. The van der Waals surface area contributed by atoms with E-state index in [1.807, 2.05) is 44.2 Å². The number of para-hydroxylation sites is 2. The lowest BCUT2D eigenvalue weighted by molar-refractivity contribution is -0.141. The van der Waals surface area contributed by atoms with E-state index < -0.39 is 21.9 Å². The first kappa shape index (κ1) is 32.6. The second-order valence-corrected chi connectivity index (χ2v) is 12.5. The van der Waals surface area contributed by atoms with Gasteiger partial charge in [-0.1, -0.05) is 74.5 Å². The topological polar surface area (TPSA) is 96.0 Å². The summed E-state index contributed by atoms with van der Waals surface area (Å²) in [6.45, 7) is 4.28. The van der Waals surface area contributed by atoms with Crippen LogP contribution in [0, 0.1) is 11.7 Å². The van der Waals surface area contributed by atoms with Gasteiger partial charge in [-0.2, -0.15) is 0 Å². The number of ether oxygens (including phenoxy) is 1. The number of nitrogens with one attached hydrogen (secondary N) is 1. The van der Waals surface area contributed by atoms with Gasteiger partial charge in [0.2, 0.25) is 21.8 Å². The largest absolute Gasteiger partial charge is 0.495 e. The molecule has 0 saturated carbocycles. The zero-order valence-electron chi connectivity index (χ0n) is 24.6. The van der Waals surface area contributed by atoms with Gasteiger partial charge in [-0.3, -0.25) is 13.9 Å². The van der Waals surface area contributed by atoms with Crippen LogP contribution in [0.15, 0.2) is 78.9 Å². The number of methoxy groups -OCH3 is 1. The number of anilines is 1. The molecule has 226 valence electrons. The van der Waals surface area contributed by atoms with Crippen molar-refractivity contribution < 1.29 is 27.1 Å². The van der Waals surface area contributed by atoms with Gasteiger partial charge in [-0.15, -0.1) is 0 Å². The Labute approximate surface area is 248 Å². The first-order chi connectivity index (χ1) is 20.0. The minimum Gasteiger partial charge on any atom is -0.495 e. The van der Waals surface area contributed by atoms with Crippen LogP contribution in [0.5, 0.6) is 5.75 Å². The molecule has 0 aliphatic carbocycles. The van der Waals surface area contributed by atoms with Gasteiger partial charge in [0.1, 0.15) is 17.6 Å². The number of rotatable bonds is 15. The Hall–Kier alpha value is -3.92. The van der Waals surface area contributed by atoms with Crippen LogP contribution in [-0.4, -0.2) is 57.6 Å². The van der Waals surface area contributed by atoms with Crippen molar-refractivity contribution in [1.29, 1.82) is 0 Å². The van der Waals surface area contributed by atoms with Gasteiger partial charge in [-0.25, -0.2) is 12.8 Å². The van der Waals surface area contributed by atoms with E-state index in [9.17, 15) is 22.4 Å². The van der Waals surface area contributed by atoms with Crippen LogP contribution >= 0.6 is 0 Å². The van der Waals surface area contributed by atoms with Crippen LogP contribution in [0.1, 0.15) is 37.8 Å². The number of sulfonamides is 1. The van der Waals surface area contributed by atoms with Crippen molar-refractivity contribution in [1.82, 2.24) is 10.2 Å². The summed E-state index contributed by atoms with van der Waals surface area (Å²) < 4.78 is 46.7. The van der Waals surface area contributed by atoms with Crippen molar-refractivity contribution in [3.8, 4) is 5.75 Å². The number of carbonyl (C=O) groups excluding carboxylic acids is 2. The van der Waals surface area contributed by atoms with E-state index >= 15 is 0 Å². The maximum atomic E-state index is 14.8. The zero-order chi connectivity index (χ0) is 30.7. The molecule has 0 bridgehead atoms. The lowest BCUT2D eigenvalue weighted by Crippen LogP contribution is -2.51. The maximum Gasteiger partial charge on any atom is 0.243 e. The molecule has 1 atom stereocenters. The number of halogens is 1. The molecule has 42 heavy (non-hydrogen) atoms. The summed E-state index contributed by atoms with van der Waals surface area (Å²) in [5, 5.41) is 2.94. The Morgan fingerprint density at radius 1 is 0.952 bits per heavy atom. The molecule has 0 aliphatic heterocycles. The van der Waals surface area contributed by atoms with Crippen molar-refractivity contribution in [3.63, 3.8) is 0 Å². The molecule has 0 heterocycles. The van der Waals surface area contributed by atoms with Gasteiger partial charge in [0.15, 0.2) is 0 Å². The molecule has 0 radical (unpaired) electrons. The number of nitrogens with zero attached hydrogens (tertiary/aromatic N) is 2. The first-order valence-corrected chi connectivity index (χ1v) is 15.8. The summed E-state index contributed by atoms with van der Waals surface area (Å²) in [4.78, 5) is 28.8. The second-order valence-electron chi connectivity index (χ2n) is 10.6. The van der Waals surface area contributed by atoms with Crippen LogP contribution in [0.25, 0.3) is 0 Å². The normalized spacial score (nSPS) is 12.0. The fourth-order valence-electron chi connectivity index (χ4n) is 4.60. The average Bonchev–Trinajstić information content (AvgIpc) is 2.96. The van der Waals surface area contributed by atoms with Crippen LogP contribution in [0.3, 0.4) is 0 Å². The summed E-state index contributed by atoms with van der Waals surface area (Å²) in [5.74, 6) is -0.605. The Morgan fingerprint density at radius 3 is 2.24 bits per heavy atom. The third kappa shape index (κ3) is 9.30. The van der Waals surface area contributed by atoms with E-state index in [1.165, 1.54) is 22.4 Å². The Balaban J connectivity index is 1.90. The molecule has 0 aromatic heterocycles. The van der Waals surface area contributed by atoms with Gasteiger partial charge in [0, 0.05) is 38.0 Å². The van der Waals surface area contributed by atoms with E-state index in [4.69, 9.17) is 4.74 Å². The molecule has 0 saturated heterocycles. The summed E-state index contributed by atoms with van der Waals surface area (Å²) >= 11 is 0. The van der Waals surface area contributed by atoms with Crippen molar-refractivity contribution in [3.05, 3.63) is 95.8 Å². The van der Waals surface area contributed by atoms with Gasteiger partial charge in [-0.05, 0) is 36.1 Å². The van der Waals surface area contributed by atoms with Gasteiger partial charge >= 0.3 is 0 Å². The van der Waals surface area contributed by atoms with Crippen LogP contribution in [0.4, 0.5) is 10.1 Å². The Morgan fingerprint density at radius 2 is 1.60 bits per heavy atom. The Bertz CT molecular complexity index is 1430. The molecule has 3 rings (SSSR count). The SMILES string of the molecule is COc1ccccc1N(CCCC(=O)N(Cc1ccccc1F)[C@H](Cc1ccccc1)C(=O)NCC(C)C)S(C)(=O)=O. The zero-order valence-corrected chi connectivity index (χ0v) is 25.4. The molecular weight excluding hydrogens is 557 g/mol. The monoisotopic (exact) mass is 597 g/mol. The minimum absolute atomic E-state index is 0.0153. The molecule has 2 amide bonds. The number of hydrogen-bond donors (Lipinski definition) is 1. The molecule has 0 unspecified atom stereocenters. The molecule has 0 aliphatic rings. The summed E-state index contributed by atoms with van der Waals surface area (Å²) in [7, 11) is -2.24. The van der Waals surface area contributed by atoms with Crippen LogP contribution in [0.2, 0.25) is 0 Å². The molecule has 1 N–H and O–H groups in total. The molecular formula is C32H40FN3O5S. The minimum atomic E-state index is -3.69. The van der Waals surface area contributed by atoms with E-state index in [1.54, 1.807) is 42.5 Å². The van der Waals surface area contributed by atoms with Crippen molar-refractivity contribution in [2.75, 3.05) is 30.8 Å². The maximum absolute atomic E-state index is 14.8. The highest BCUT2D eigenvalue weighted by Gasteiger charge is 2.31. The smallest absolute Gasteiger partial charge is 0.243 e. The fraction of sp³-hybridized carbons (Fsp3) is 0.375. The lowest BCUT2D eigenvalue weighted by atomic mass is 10.0. The van der Waals surface area contributed by atoms with E-state index in [2.05, 4.69) is 5.32 Å². The lowest BCUT2D eigenvalue weighted by Gasteiger charge is -2.32. The van der Waals surface area contributed by atoms with Gasteiger partial charge < -0.3 is 15.0 Å². The second kappa shape index (κ2) is 15.3. The summed E-state index contributed by atoms with van der Waals surface area (Å²) in [6.07, 6.45) is 1.45. The van der Waals surface area contributed by atoms with Crippen molar-refractivity contribution in [2.45, 2.75) is 45.7 Å². The highest BCUT2D eigenvalue weighted by molar-refractivity contribution is 7.92. The van der Waals surface area contributed by atoms with E-state index in [-0.39, 0.29) is 55.6 Å². The van der Waals surface area contributed by atoms with Gasteiger partial charge in [0.05, 0.1) is 19.1 Å². The highest BCUT2D eigenvalue weighted by Crippen LogP contribution is 2.30. The van der Waals surface area contributed by atoms with Crippen LogP contribution < -0.4 is 14.4 Å². The van der Waals surface area contributed by atoms with Gasteiger partial charge in [0.25, 0.3) is 0 Å². The van der Waals surface area contributed by atoms with Crippen molar-refractivity contribution >= 4 is 27.5 Å². The molecule has 0 fully saturated rings. The third-order valence-electron chi connectivity index (χ3n) is 6.76. The Kier molecular flexibility index (Phi) is 11.9. The number of hydrogen-bond acceptors (Lipinski definition) is 5. The predicted octanol–water partition coefficient (Wildman–Crippen LogP) is 4.79.